The highest BCUT2D eigenvalue weighted by atomic mass is 35.5. The van der Waals surface area contributed by atoms with Gasteiger partial charge in [0.2, 0.25) is 0 Å². The number of hydroxylamine groups is 1. The first-order chi connectivity index (χ1) is 10.6. The van der Waals surface area contributed by atoms with Gasteiger partial charge < -0.3 is 4.90 Å². The molecule has 0 unspecified atom stereocenters. The van der Waals surface area contributed by atoms with Crippen LogP contribution in [0.1, 0.15) is 6.92 Å². The van der Waals surface area contributed by atoms with Crippen LogP contribution in [0, 0.1) is 0 Å². The first-order valence-electron chi connectivity index (χ1n) is 6.65. The summed E-state index contributed by atoms with van der Waals surface area (Å²) in [5.74, 6) is 0.543. The average molecular weight is 343 g/mol. The molecule has 0 aliphatic carbocycles. The lowest BCUT2D eigenvalue weighted by molar-refractivity contribution is -0.130. The highest BCUT2D eigenvalue weighted by Gasteiger charge is 2.11. The van der Waals surface area contributed by atoms with E-state index in [-0.39, 0.29) is 11.7 Å². The molecule has 0 atom stereocenters. The second-order valence-electron chi connectivity index (χ2n) is 4.06. The van der Waals surface area contributed by atoms with Crippen molar-refractivity contribution in [1.29, 1.82) is 0 Å². The summed E-state index contributed by atoms with van der Waals surface area (Å²) in [5.41, 5.74) is 2.31. The largest absolute Gasteiger partial charge is 0.349 e. The van der Waals surface area contributed by atoms with E-state index in [1.165, 1.54) is 11.8 Å². The minimum absolute atomic E-state index is 0.142. The zero-order valence-electron chi connectivity index (χ0n) is 12.4. The highest BCUT2D eigenvalue weighted by Crippen LogP contribution is 2.21. The van der Waals surface area contributed by atoms with Crippen molar-refractivity contribution in [2.24, 2.45) is 0 Å². The first kappa shape index (κ1) is 18.5. The number of aromatic nitrogens is 2. The van der Waals surface area contributed by atoms with Crippen LogP contribution in [0.25, 0.3) is 0 Å². The number of hydrogen-bond acceptors (Lipinski definition) is 6. The molecule has 1 aromatic heterocycles. The molecule has 0 aliphatic heterocycles. The van der Waals surface area contributed by atoms with E-state index in [9.17, 15) is 4.79 Å². The molecular weight excluding hydrogens is 324 g/mol. The summed E-state index contributed by atoms with van der Waals surface area (Å²) in [6.07, 6.45) is 3.53. The standard InChI is InChI=1S/C14H19ClN4O2S/c1-4-7-19(8-5-2)12-9-11(15)16-14(17-12)22-10-13(20)18-21-6-3/h4-5,9H,1-2,6-8,10H2,3H3,(H,18,20). The maximum absolute atomic E-state index is 11.5. The van der Waals surface area contributed by atoms with E-state index in [1.54, 1.807) is 25.1 Å². The number of nitrogens with zero attached hydrogens (tertiary/aromatic N) is 3. The summed E-state index contributed by atoms with van der Waals surface area (Å²) in [4.78, 5) is 26.8. The number of carbonyl (C=O) groups excluding carboxylic acids is 1. The number of anilines is 1. The number of amides is 1. The molecular formula is C14H19ClN4O2S. The normalized spacial score (nSPS) is 10.1. The molecule has 0 fully saturated rings. The molecule has 22 heavy (non-hydrogen) atoms. The van der Waals surface area contributed by atoms with Gasteiger partial charge >= 0.3 is 0 Å². The smallest absolute Gasteiger partial charge is 0.254 e. The Morgan fingerprint density at radius 1 is 1.45 bits per heavy atom. The molecule has 1 rings (SSSR count). The lowest BCUT2D eigenvalue weighted by Crippen LogP contribution is -2.26. The van der Waals surface area contributed by atoms with Gasteiger partial charge in [-0.3, -0.25) is 9.63 Å². The Labute approximate surface area is 139 Å². The zero-order valence-corrected chi connectivity index (χ0v) is 14.0. The number of thioether (sulfide) groups is 1. The Morgan fingerprint density at radius 3 is 2.73 bits per heavy atom. The van der Waals surface area contributed by atoms with E-state index in [0.717, 1.165) is 0 Å². The first-order valence-corrected chi connectivity index (χ1v) is 8.01. The van der Waals surface area contributed by atoms with Crippen LogP contribution in [-0.2, 0) is 9.63 Å². The van der Waals surface area contributed by atoms with Crippen molar-refractivity contribution < 1.29 is 9.63 Å². The minimum Gasteiger partial charge on any atom is -0.349 e. The predicted molar refractivity (Wildman–Crippen MR) is 90.1 cm³/mol. The monoisotopic (exact) mass is 342 g/mol. The third-order valence-corrected chi connectivity index (χ3v) is 3.39. The van der Waals surface area contributed by atoms with Crippen LogP contribution < -0.4 is 10.4 Å². The topological polar surface area (TPSA) is 67.4 Å². The van der Waals surface area contributed by atoms with Crippen molar-refractivity contribution in [1.82, 2.24) is 15.4 Å². The van der Waals surface area contributed by atoms with Gasteiger partial charge in [0, 0.05) is 19.2 Å². The van der Waals surface area contributed by atoms with Crippen LogP contribution in [0.4, 0.5) is 5.82 Å². The van der Waals surface area contributed by atoms with Gasteiger partial charge in [0.25, 0.3) is 5.91 Å². The van der Waals surface area contributed by atoms with E-state index < -0.39 is 0 Å². The van der Waals surface area contributed by atoms with E-state index >= 15 is 0 Å². The third kappa shape index (κ3) is 6.46. The summed E-state index contributed by atoms with van der Waals surface area (Å²) in [6, 6.07) is 1.67. The van der Waals surface area contributed by atoms with Crippen molar-refractivity contribution in [2.75, 3.05) is 30.3 Å². The summed E-state index contributed by atoms with van der Waals surface area (Å²) < 4.78 is 0. The van der Waals surface area contributed by atoms with Crippen LogP contribution >= 0.6 is 23.4 Å². The molecule has 1 N–H and O–H groups in total. The fourth-order valence-corrected chi connectivity index (χ4v) is 2.37. The van der Waals surface area contributed by atoms with E-state index in [4.69, 9.17) is 16.4 Å². The summed E-state index contributed by atoms with van der Waals surface area (Å²) >= 11 is 7.21. The lowest BCUT2D eigenvalue weighted by Gasteiger charge is -2.20. The molecule has 120 valence electrons. The molecule has 0 radical (unpaired) electrons. The molecule has 1 aromatic rings. The number of rotatable bonds is 10. The second-order valence-corrected chi connectivity index (χ2v) is 5.39. The van der Waals surface area contributed by atoms with Crippen molar-refractivity contribution >= 4 is 35.1 Å². The average Bonchev–Trinajstić information content (AvgIpc) is 2.50. The zero-order chi connectivity index (χ0) is 16.4. The van der Waals surface area contributed by atoms with E-state index in [1.807, 2.05) is 4.90 Å². The van der Waals surface area contributed by atoms with Crippen molar-refractivity contribution in [3.8, 4) is 0 Å². The highest BCUT2D eigenvalue weighted by molar-refractivity contribution is 7.99. The van der Waals surface area contributed by atoms with Gasteiger partial charge in [-0.05, 0) is 6.92 Å². The molecule has 1 heterocycles. The lowest BCUT2D eigenvalue weighted by atomic mass is 10.4. The summed E-state index contributed by atoms with van der Waals surface area (Å²) in [7, 11) is 0. The summed E-state index contributed by atoms with van der Waals surface area (Å²) in [5, 5.41) is 0.739. The Morgan fingerprint density at radius 2 is 2.14 bits per heavy atom. The van der Waals surface area contributed by atoms with Crippen LogP contribution in [0.3, 0.4) is 0 Å². The SMILES string of the molecule is C=CCN(CC=C)c1cc(Cl)nc(SCC(=O)NOCC)n1. The Bertz CT molecular complexity index is 518. The van der Waals surface area contributed by atoms with Crippen LogP contribution in [0.15, 0.2) is 36.5 Å². The molecule has 0 saturated carbocycles. The molecule has 0 bridgehead atoms. The number of nitrogens with one attached hydrogen (secondary N) is 1. The molecule has 0 aromatic carbocycles. The van der Waals surface area contributed by atoms with Gasteiger partial charge in [0.15, 0.2) is 5.16 Å². The maximum Gasteiger partial charge on any atom is 0.254 e. The molecule has 0 saturated heterocycles. The van der Waals surface area contributed by atoms with E-state index in [2.05, 4.69) is 28.6 Å². The van der Waals surface area contributed by atoms with Crippen LogP contribution in [0.5, 0.6) is 0 Å². The second kappa shape index (κ2) is 10.2. The Hall–Kier alpha value is -1.57. The quantitative estimate of drug-likeness (QED) is 0.232. The van der Waals surface area contributed by atoms with Crippen molar-refractivity contribution in [3.05, 3.63) is 36.5 Å². The van der Waals surface area contributed by atoms with E-state index in [0.29, 0.717) is 35.8 Å². The maximum atomic E-state index is 11.5. The van der Waals surface area contributed by atoms with Gasteiger partial charge in [-0.15, -0.1) is 13.2 Å². The Balaban J connectivity index is 2.77. The minimum atomic E-state index is -0.258. The Kier molecular flexibility index (Phi) is 8.57. The van der Waals surface area contributed by atoms with Gasteiger partial charge in [0.1, 0.15) is 11.0 Å². The van der Waals surface area contributed by atoms with Crippen molar-refractivity contribution in [3.63, 3.8) is 0 Å². The fraction of sp³-hybridized carbons (Fsp3) is 0.357. The number of hydrogen-bond donors (Lipinski definition) is 1. The molecule has 6 nitrogen and oxygen atoms in total. The number of carbonyl (C=O) groups is 1. The van der Waals surface area contributed by atoms with Gasteiger partial charge in [-0.25, -0.2) is 15.4 Å². The van der Waals surface area contributed by atoms with Gasteiger partial charge in [-0.2, -0.15) is 0 Å². The molecule has 8 heteroatoms. The third-order valence-electron chi connectivity index (χ3n) is 2.35. The summed E-state index contributed by atoms with van der Waals surface area (Å²) in [6.45, 7) is 10.8. The van der Waals surface area contributed by atoms with Gasteiger partial charge in [0.05, 0.1) is 12.4 Å². The van der Waals surface area contributed by atoms with Crippen LogP contribution in [-0.4, -0.2) is 41.3 Å². The molecule has 1 amide bonds. The predicted octanol–water partition coefficient (Wildman–Crippen LogP) is 2.47. The molecule has 0 aliphatic rings. The molecule has 0 spiro atoms. The van der Waals surface area contributed by atoms with Crippen LogP contribution in [0.2, 0.25) is 5.15 Å². The van der Waals surface area contributed by atoms with Gasteiger partial charge in [-0.1, -0.05) is 35.5 Å². The number of halogens is 1. The fourth-order valence-electron chi connectivity index (χ4n) is 1.50. The van der Waals surface area contributed by atoms with Crippen molar-refractivity contribution in [2.45, 2.75) is 12.1 Å².